The van der Waals surface area contributed by atoms with E-state index >= 15 is 0 Å². The summed E-state index contributed by atoms with van der Waals surface area (Å²) < 4.78 is 25.0. The maximum atomic E-state index is 11.3. The summed E-state index contributed by atoms with van der Waals surface area (Å²) in [6.07, 6.45) is -1.23. The van der Waals surface area contributed by atoms with Crippen LogP contribution in [0.5, 0.6) is 0 Å². The van der Waals surface area contributed by atoms with Crippen molar-refractivity contribution in [2.24, 2.45) is 0 Å². The van der Waals surface area contributed by atoms with Crippen LogP contribution in [-0.4, -0.2) is 37.5 Å². The molecular formula is C7H16N2O4S. The van der Waals surface area contributed by atoms with Crippen molar-refractivity contribution in [2.75, 3.05) is 12.3 Å². The van der Waals surface area contributed by atoms with Gasteiger partial charge in [-0.1, -0.05) is 0 Å². The molecule has 6 nitrogen and oxygen atoms in total. The first-order chi connectivity index (χ1) is 6.12. The molecule has 0 aromatic heterocycles. The van der Waals surface area contributed by atoms with Crippen molar-refractivity contribution in [3.05, 3.63) is 0 Å². The van der Waals surface area contributed by atoms with Crippen LogP contribution in [0.3, 0.4) is 0 Å². The predicted octanol–water partition coefficient (Wildman–Crippen LogP) is -0.0281. The van der Waals surface area contributed by atoms with Gasteiger partial charge in [-0.15, -0.1) is 0 Å². The summed E-state index contributed by atoms with van der Waals surface area (Å²) in [5, 5.41) is 10.2. The van der Waals surface area contributed by atoms with Gasteiger partial charge in [-0.25, -0.2) is 17.9 Å². The Labute approximate surface area is 83.7 Å². The van der Waals surface area contributed by atoms with Gasteiger partial charge in [-0.05, 0) is 20.8 Å². The molecule has 0 rings (SSSR count). The molecule has 0 heterocycles. The molecule has 0 atom stereocenters. The van der Waals surface area contributed by atoms with Crippen LogP contribution in [-0.2, 0) is 10.0 Å². The van der Waals surface area contributed by atoms with E-state index in [-0.39, 0.29) is 12.3 Å². The topological polar surface area (TPSA) is 95.5 Å². The summed E-state index contributed by atoms with van der Waals surface area (Å²) in [6, 6.07) is 0. The Hall–Kier alpha value is -0.820. The van der Waals surface area contributed by atoms with Crippen molar-refractivity contribution >= 4 is 16.1 Å². The number of rotatable bonds is 4. The molecule has 84 valence electrons. The van der Waals surface area contributed by atoms with E-state index in [9.17, 15) is 13.2 Å². The van der Waals surface area contributed by atoms with Crippen LogP contribution in [0.15, 0.2) is 0 Å². The summed E-state index contributed by atoms with van der Waals surface area (Å²) >= 11 is 0. The van der Waals surface area contributed by atoms with E-state index < -0.39 is 21.7 Å². The van der Waals surface area contributed by atoms with Crippen molar-refractivity contribution in [3.8, 4) is 0 Å². The molecule has 0 fully saturated rings. The Kier molecular flexibility index (Phi) is 4.34. The highest BCUT2D eigenvalue weighted by molar-refractivity contribution is 7.89. The zero-order valence-corrected chi connectivity index (χ0v) is 9.31. The Bertz CT molecular complexity index is 291. The minimum absolute atomic E-state index is 0.110. The quantitative estimate of drug-likeness (QED) is 0.625. The van der Waals surface area contributed by atoms with Crippen LogP contribution in [0.4, 0.5) is 4.79 Å². The van der Waals surface area contributed by atoms with E-state index in [0.29, 0.717) is 0 Å². The fourth-order valence-corrected chi connectivity index (χ4v) is 2.22. The van der Waals surface area contributed by atoms with Gasteiger partial charge in [0.15, 0.2) is 0 Å². The highest BCUT2D eigenvalue weighted by atomic mass is 32.2. The molecule has 0 aliphatic rings. The Balaban J connectivity index is 4.04. The summed E-state index contributed by atoms with van der Waals surface area (Å²) in [5.74, 6) is -0.253. The smallest absolute Gasteiger partial charge is 0.404 e. The van der Waals surface area contributed by atoms with Crippen molar-refractivity contribution in [2.45, 2.75) is 26.3 Å². The van der Waals surface area contributed by atoms with E-state index in [0.717, 1.165) is 0 Å². The van der Waals surface area contributed by atoms with E-state index in [2.05, 4.69) is 4.72 Å². The second-order valence-corrected chi connectivity index (χ2v) is 5.74. The average molecular weight is 224 g/mol. The zero-order valence-electron chi connectivity index (χ0n) is 8.49. The van der Waals surface area contributed by atoms with Gasteiger partial charge in [0.1, 0.15) is 0 Å². The Morgan fingerprint density at radius 3 is 2.21 bits per heavy atom. The summed E-state index contributed by atoms with van der Waals surface area (Å²) in [6.45, 7) is 5.04. The van der Waals surface area contributed by atoms with Gasteiger partial charge in [0.25, 0.3) is 0 Å². The van der Waals surface area contributed by atoms with Crippen LogP contribution >= 0.6 is 0 Å². The molecule has 0 spiro atoms. The lowest BCUT2D eigenvalue weighted by Crippen LogP contribution is -2.43. The van der Waals surface area contributed by atoms with E-state index in [1.54, 1.807) is 20.8 Å². The molecule has 3 N–H and O–H groups in total. The fraction of sp³-hybridized carbons (Fsp3) is 0.857. The maximum absolute atomic E-state index is 11.3. The number of amides is 1. The van der Waals surface area contributed by atoms with Crippen LogP contribution in [0.2, 0.25) is 0 Å². The third-order valence-corrected chi connectivity index (χ3v) is 2.77. The van der Waals surface area contributed by atoms with Crippen molar-refractivity contribution < 1.29 is 18.3 Å². The van der Waals surface area contributed by atoms with Crippen LogP contribution in [0.25, 0.3) is 0 Å². The molecule has 14 heavy (non-hydrogen) atoms. The van der Waals surface area contributed by atoms with Gasteiger partial charge < -0.3 is 10.4 Å². The van der Waals surface area contributed by atoms with Crippen LogP contribution < -0.4 is 10.0 Å². The molecule has 0 aromatic carbocycles. The van der Waals surface area contributed by atoms with E-state index in [4.69, 9.17) is 5.11 Å². The number of hydrogen-bond acceptors (Lipinski definition) is 3. The lowest BCUT2D eigenvalue weighted by molar-refractivity contribution is 0.195. The van der Waals surface area contributed by atoms with Gasteiger partial charge in [0.2, 0.25) is 10.0 Å². The molecule has 0 unspecified atom stereocenters. The molecule has 0 aliphatic carbocycles. The average Bonchev–Trinajstić information content (AvgIpc) is 1.78. The second-order valence-electron chi connectivity index (χ2n) is 3.90. The van der Waals surface area contributed by atoms with Crippen LogP contribution in [0, 0.1) is 0 Å². The molecule has 0 bridgehead atoms. The lowest BCUT2D eigenvalue weighted by Gasteiger charge is -2.20. The number of nitrogens with one attached hydrogen (secondary N) is 2. The third-order valence-electron chi connectivity index (χ3n) is 1.11. The minimum Gasteiger partial charge on any atom is -0.465 e. The second kappa shape index (κ2) is 4.61. The first kappa shape index (κ1) is 13.2. The van der Waals surface area contributed by atoms with Crippen molar-refractivity contribution in [1.82, 2.24) is 10.0 Å². The normalized spacial score (nSPS) is 12.5. The first-order valence-corrected chi connectivity index (χ1v) is 5.76. The number of sulfonamides is 1. The predicted molar refractivity (Wildman–Crippen MR) is 52.7 cm³/mol. The maximum Gasteiger partial charge on any atom is 0.404 e. The highest BCUT2D eigenvalue weighted by Crippen LogP contribution is 2.01. The van der Waals surface area contributed by atoms with Gasteiger partial charge >= 0.3 is 6.09 Å². The first-order valence-electron chi connectivity index (χ1n) is 4.11. The molecule has 0 aliphatic heterocycles. The minimum atomic E-state index is -3.41. The van der Waals surface area contributed by atoms with Crippen molar-refractivity contribution in [1.29, 1.82) is 0 Å². The fourth-order valence-electron chi connectivity index (χ4n) is 0.810. The monoisotopic (exact) mass is 224 g/mol. The molecule has 0 aromatic rings. The standard InChI is InChI=1S/C7H16N2O4S/c1-7(2,3)9-14(12,13)5-4-8-6(10)11/h8-9H,4-5H2,1-3H3,(H,10,11). The van der Waals surface area contributed by atoms with Gasteiger partial charge in [-0.2, -0.15) is 0 Å². The molecule has 0 radical (unpaired) electrons. The summed E-state index contributed by atoms with van der Waals surface area (Å²) in [7, 11) is -3.41. The van der Waals surface area contributed by atoms with E-state index in [1.807, 2.05) is 5.32 Å². The number of hydrogen-bond donors (Lipinski definition) is 3. The molecule has 1 amide bonds. The van der Waals surface area contributed by atoms with Crippen LogP contribution in [0.1, 0.15) is 20.8 Å². The van der Waals surface area contributed by atoms with Gasteiger partial charge in [0.05, 0.1) is 5.75 Å². The Morgan fingerprint density at radius 1 is 1.36 bits per heavy atom. The summed E-state index contributed by atoms with van der Waals surface area (Å²) in [5.41, 5.74) is -0.540. The highest BCUT2D eigenvalue weighted by Gasteiger charge is 2.19. The molecule has 7 heteroatoms. The number of carbonyl (C=O) groups is 1. The summed E-state index contributed by atoms with van der Waals surface area (Å²) in [4.78, 5) is 10.0. The van der Waals surface area contributed by atoms with Gasteiger partial charge in [0, 0.05) is 12.1 Å². The number of carboxylic acid groups (broad SMARTS) is 1. The molecule has 0 saturated heterocycles. The largest absolute Gasteiger partial charge is 0.465 e. The Morgan fingerprint density at radius 2 is 1.86 bits per heavy atom. The molecule has 0 saturated carbocycles. The van der Waals surface area contributed by atoms with Gasteiger partial charge in [-0.3, -0.25) is 0 Å². The van der Waals surface area contributed by atoms with E-state index in [1.165, 1.54) is 0 Å². The third kappa shape index (κ3) is 7.81. The lowest BCUT2D eigenvalue weighted by atomic mass is 10.1. The van der Waals surface area contributed by atoms with Crippen molar-refractivity contribution in [3.63, 3.8) is 0 Å². The molecular weight excluding hydrogens is 208 g/mol. The zero-order chi connectivity index (χ0) is 11.4. The SMILES string of the molecule is CC(C)(C)NS(=O)(=O)CCNC(=O)O.